The number of aromatic nitrogens is 3. The first-order chi connectivity index (χ1) is 12.4. The Bertz CT molecular complexity index is 643. The van der Waals surface area contributed by atoms with Crippen molar-refractivity contribution >= 4 is 23.5 Å². The SMILES string of the molecule is c1ccc(Nc2nc(N3CCCCC3)nc(N3CC[NH2+]CC3)n2)cc1. The molecule has 0 spiro atoms. The normalized spacial score (nSPS) is 18.2. The molecule has 1 aromatic heterocycles. The molecule has 2 saturated heterocycles. The van der Waals surface area contributed by atoms with Crippen molar-refractivity contribution in [2.45, 2.75) is 19.3 Å². The van der Waals surface area contributed by atoms with Crippen LogP contribution in [-0.2, 0) is 0 Å². The van der Waals surface area contributed by atoms with Crippen molar-refractivity contribution in [3.8, 4) is 0 Å². The largest absolute Gasteiger partial charge is 0.343 e. The number of para-hydroxylation sites is 1. The van der Waals surface area contributed by atoms with E-state index in [1.54, 1.807) is 0 Å². The van der Waals surface area contributed by atoms with Crippen LogP contribution in [0.15, 0.2) is 30.3 Å². The summed E-state index contributed by atoms with van der Waals surface area (Å²) in [6.07, 6.45) is 3.72. The van der Waals surface area contributed by atoms with Crippen LogP contribution in [0.2, 0.25) is 0 Å². The van der Waals surface area contributed by atoms with Gasteiger partial charge in [0.15, 0.2) is 0 Å². The molecule has 25 heavy (non-hydrogen) atoms. The van der Waals surface area contributed by atoms with Crippen LogP contribution in [0.1, 0.15) is 19.3 Å². The predicted molar refractivity (Wildman–Crippen MR) is 99.5 cm³/mol. The zero-order valence-corrected chi connectivity index (χ0v) is 14.6. The Hall–Kier alpha value is -2.41. The van der Waals surface area contributed by atoms with Crippen LogP contribution in [-0.4, -0.2) is 54.2 Å². The lowest BCUT2D eigenvalue weighted by molar-refractivity contribution is -0.655. The smallest absolute Gasteiger partial charge is 0.233 e. The van der Waals surface area contributed by atoms with E-state index < -0.39 is 0 Å². The summed E-state index contributed by atoms with van der Waals surface area (Å²) in [5.41, 5.74) is 0.997. The fourth-order valence-electron chi connectivity index (χ4n) is 3.39. The fourth-order valence-corrected chi connectivity index (χ4v) is 3.39. The molecule has 2 aliphatic heterocycles. The monoisotopic (exact) mass is 340 g/mol. The molecule has 0 aliphatic carbocycles. The molecule has 0 atom stereocenters. The Morgan fingerprint density at radius 3 is 2.08 bits per heavy atom. The number of piperazine rings is 1. The Labute approximate surface area is 148 Å². The van der Waals surface area contributed by atoms with E-state index in [1.165, 1.54) is 19.3 Å². The summed E-state index contributed by atoms with van der Waals surface area (Å²) >= 11 is 0. The van der Waals surface area contributed by atoms with Crippen molar-refractivity contribution in [1.29, 1.82) is 0 Å². The number of nitrogens with zero attached hydrogens (tertiary/aromatic N) is 5. The minimum atomic E-state index is 0.631. The van der Waals surface area contributed by atoms with Gasteiger partial charge >= 0.3 is 0 Å². The Balaban J connectivity index is 1.64. The van der Waals surface area contributed by atoms with Gasteiger partial charge in [-0.1, -0.05) is 18.2 Å². The molecule has 0 bridgehead atoms. The van der Waals surface area contributed by atoms with Gasteiger partial charge in [0, 0.05) is 18.8 Å². The Kier molecular flexibility index (Phi) is 4.92. The third-order valence-corrected chi connectivity index (χ3v) is 4.77. The minimum absolute atomic E-state index is 0.631. The average Bonchev–Trinajstić information content (AvgIpc) is 2.70. The number of piperidine rings is 1. The van der Waals surface area contributed by atoms with Gasteiger partial charge in [-0.25, -0.2) is 0 Å². The third-order valence-electron chi connectivity index (χ3n) is 4.77. The second-order valence-electron chi connectivity index (χ2n) is 6.65. The summed E-state index contributed by atoms with van der Waals surface area (Å²) in [7, 11) is 0. The summed E-state index contributed by atoms with van der Waals surface area (Å²) in [5, 5.41) is 5.68. The van der Waals surface area contributed by atoms with E-state index in [4.69, 9.17) is 15.0 Å². The Morgan fingerprint density at radius 2 is 1.40 bits per heavy atom. The highest BCUT2D eigenvalue weighted by atomic mass is 15.4. The van der Waals surface area contributed by atoms with Crippen LogP contribution in [0.5, 0.6) is 0 Å². The molecule has 2 fully saturated rings. The highest BCUT2D eigenvalue weighted by molar-refractivity contribution is 5.56. The van der Waals surface area contributed by atoms with Crippen molar-refractivity contribution in [2.75, 3.05) is 54.4 Å². The van der Waals surface area contributed by atoms with E-state index in [0.717, 1.165) is 56.9 Å². The third kappa shape index (κ3) is 3.99. The van der Waals surface area contributed by atoms with Crippen LogP contribution in [0.4, 0.5) is 23.5 Å². The summed E-state index contributed by atoms with van der Waals surface area (Å²) in [6, 6.07) is 10.1. The van der Waals surface area contributed by atoms with Gasteiger partial charge in [-0.3, -0.25) is 0 Å². The zero-order valence-electron chi connectivity index (χ0n) is 14.6. The fraction of sp³-hybridized carbons (Fsp3) is 0.500. The lowest BCUT2D eigenvalue weighted by atomic mass is 10.1. The summed E-state index contributed by atoms with van der Waals surface area (Å²) in [6.45, 7) is 6.20. The molecule has 3 N–H and O–H groups in total. The predicted octanol–water partition coefficient (Wildman–Crippen LogP) is 0.989. The molecule has 1 aromatic carbocycles. The maximum Gasteiger partial charge on any atom is 0.233 e. The number of hydrogen-bond acceptors (Lipinski definition) is 6. The zero-order chi connectivity index (χ0) is 16.9. The number of nitrogens with two attached hydrogens (primary N) is 1. The van der Waals surface area contributed by atoms with E-state index in [0.29, 0.717) is 5.95 Å². The first-order valence-electron chi connectivity index (χ1n) is 9.28. The van der Waals surface area contributed by atoms with Gasteiger partial charge in [0.05, 0.1) is 26.2 Å². The van der Waals surface area contributed by atoms with E-state index >= 15 is 0 Å². The highest BCUT2D eigenvalue weighted by Gasteiger charge is 2.21. The van der Waals surface area contributed by atoms with Gasteiger partial charge < -0.3 is 20.4 Å². The van der Waals surface area contributed by atoms with Crippen LogP contribution in [0.3, 0.4) is 0 Å². The molecule has 0 unspecified atom stereocenters. The number of anilines is 4. The first-order valence-corrected chi connectivity index (χ1v) is 9.28. The molecule has 0 radical (unpaired) electrons. The van der Waals surface area contributed by atoms with E-state index in [1.807, 2.05) is 30.3 Å². The van der Waals surface area contributed by atoms with Gasteiger partial charge in [-0.2, -0.15) is 15.0 Å². The summed E-state index contributed by atoms with van der Waals surface area (Å²) in [5.74, 6) is 2.23. The first kappa shape index (κ1) is 16.1. The molecule has 0 amide bonds. The average molecular weight is 340 g/mol. The van der Waals surface area contributed by atoms with Crippen molar-refractivity contribution in [1.82, 2.24) is 15.0 Å². The number of hydrogen-bond donors (Lipinski definition) is 2. The van der Waals surface area contributed by atoms with Gasteiger partial charge in [-0.15, -0.1) is 0 Å². The van der Waals surface area contributed by atoms with Crippen molar-refractivity contribution in [3.05, 3.63) is 30.3 Å². The van der Waals surface area contributed by atoms with E-state index in [-0.39, 0.29) is 0 Å². The highest BCUT2D eigenvalue weighted by Crippen LogP contribution is 2.22. The van der Waals surface area contributed by atoms with Crippen molar-refractivity contribution < 1.29 is 5.32 Å². The van der Waals surface area contributed by atoms with Gasteiger partial charge in [0.25, 0.3) is 0 Å². The molecule has 0 saturated carbocycles. The number of rotatable bonds is 4. The van der Waals surface area contributed by atoms with Crippen LogP contribution in [0, 0.1) is 0 Å². The number of nitrogens with one attached hydrogen (secondary N) is 1. The molecular weight excluding hydrogens is 314 g/mol. The van der Waals surface area contributed by atoms with Crippen LogP contribution in [0.25, 0.3) is 0 Å². The van der Waals surface area contributed by atoms with Crippen molar-refractivity contribution in [2.24, 2.45) is 0 Å². The van der Waals surface area contributed by atoms with Crippen molar-refractivity contribution in [3.63, 3.8) is 0 Å². The van der Waals surface area contributed by atoms with E-state index in [2.05, 4.69) is 20.4 Å². The van der Waals surface area contributed by atoms with Gasteiger partial charge in [-0.05, 0) is 31.4 Å². The maximum atomic E-state index is 4.80. The second-order valence-corrected chi connectivity index (χ2v) is 6.65. The second kappa shape index (κ2) is 7.65. The van der Waals surface area contributed by atoms with E-state index in [9.17, 15) is 0 Å². The molecule has 132 valence electrons. The Morgan fingerprint density at radius 1 is 0.760 bits per heavy atom. The lowest BCUT2D eigenvalue weighted by Crippen LogP contribution is -2.89. The standard InChI is InChI=1S/C18H25N7/c1-3-7-15(8-4-1)20-16-21-17(24-11-5-2-6-12-24)23-18(22-16)25-13-9-19-10-14-25/h1,3-4,7-8,19H,2,5-6,9-14H2,(H,20,21,22,23)/p+1. The van der Waals surface area contributed by atoms with Gasteiger partial charge in [0.1, 0.15) is 0 Å². The number of benzene rings is 1. The minimum Gasteiger partial charge on any atom is -0.343 e. The topological polar surface area (TPSA) is 73.8 Å². The molecule has 2 aromatic rings. The van der Waals surface area contributed by atoms with Crippen LogP contribution < -0.4 is 20.4 Å². The van der Waals surface area contributed by atoms with Crippen LogP contribution >= 0.6 is 0 Å². The lowest BCUT2D eigenvalue weighted by Gasteiger charge is -2.29. The molecule has 7 nitrogen and oxygen atoms in total. The van der Waals surface area contributed by atoms with Gasteiger partial charge in [0.2, 0.25) is 17.8 Å². The molecule has 2 aliphatic rings. The molecule has 3 heterocycles. The quantitative estimate of drug-likeness (QED) is 0.865. The summed E-state index contributed by atoms with van der Waals surface area (Å²) in [4.78, 5) is 18.8. The molecule has 4 rings (SSSR count). The number of quaternary nitrogens is 1. The molecular formula is C18H26N7+. The molecule has 7 heteroatoms. The maximum absolute atomic E-state index is 4.80. The summed E-state index contributed by atoms with van der Waals surface area (Å²) < 4.78 is 0.